The zero-order valence-corrected chi connectivity index (χ0v) is 8.58. The first-order chi connectivity index (χ1) is 6.65. The van der Waals surface area contributed by atoms with Crippen LogP contribution in [-0.2, 0) is 0 Å². The molecule has 1 N–H and O–H groups in total. The molecule has 0 spiro atoms. The number of hydrogen-bond acceptors (Lipinski definition) is 1. The van der Waals surface area contributed by atoms with Crippen molar-refractivity contribution in [1.29, 1.82) is 0 Å². The number of para-hydroxylation sites is 1. The molecule has 0 aliphatic heterocycles. The van der Waals surface area contributed by atoms with Crippen LogP contribution in [0.15, 0.2) is 24.3 Å². The fourth-order valence-electron chi connectivity index (χ4n) is 1.03. The summed E-state index contributed by atoms with van der Waals surface area (Å²) in [5.41, 5.74) is 1.90. The van der Waals surface area contributed by atoms with Crippen molar-refractivity contribution in [2.75, 3.05) is 18.9 Å². The van der Waals surface area contributed by atoms with Gasteiger partial charge >= 0.3 is 6.03 Å². The molecule has 1 rings (SSSR count). The molecule has 0 atom stereocenters. The molecule has 0 aromatic heterocycles. The fraction of sp³-hybridized carbons (Fsp3) is 0.273. The van der Waals surface area contributed by atoms with Crippen molar-refractivity contribution >= 4 is 11.7 Å². The Morgan fingerprint density at radius 3 is 2.71 bits per heavy atom. The predicted molar refractivity (Wildman–Crippen MR) is 58.2 cm³/mol. The number of rotatable bonds is 2. The second-order valence-corrected chi connectivity index (χ2v) is 3.17. The van der Waals surface area contributed by atoms with E-state index in [4.69, 9.17) is 0 Å². The van der Waals surface area contributed by atoms with Crippen LogP contribution in [0.2, 0.25) is 0 Å². The number of carbonyl (C=O) groups excluding carboxylic acids is 1. The van der Waals surface area contributed by atoms with Gasteiger partial charge in [0, 0.05) is 19.3 Å². The SMILES string of the molecule is [CH2]CN(C)C(=O)Nc1ccccc1C. The molecule has 1 radical (unpaired) electrons. The average Bonchev–Trinajstić information content (AvgIpc) is 2.20. The maximum atomic E-state index is 11.5. The maximum Gasteiger partial charge on any atom is 0.321 e. The number of urea groups is 1. The Labute approximate surface area is 84.7 Å². The normalized spacial score (nSPS) is 9.64. The van der Waals surface area contributed by atoms with Crippen molar-refractivity contribution in [3.05, 3.63) is 36.8 Å². The van der Waals surface area contributed by atoms with Crippen LogP contribution in [0.5, 0.6) is 0 Å². The molecule has 0 fully saturated rings. The molecule has 75 valence electrons. The average molecular weight is 191 g/mol. The van der Waals surface area contributed by atoms with Gasteiger partial charge < -0.3 is 10.2 Å². The molecule has 0 saturated carbocycles. The Kier molecular flexibility index (Phi) is 3.51. The number of amides is 2. The minimum atomic E-state index is -0.130. The van der Waals surface area contributed by atoms with E-state index >= 15 is 0 Å². The van der Waals surface area contributed by atoms with E-state index in [-0.39, 0.29) is 6.03 Å². The number of nitrogens with zero attached hydrogens (tertiary/aromatic N) is 1. The van der Waals surface area contributed by atoms with Crippen LogP contribution in [0, 0.1) is 13.8 Å². The summed E-state index contributed by atoms with van der Waals surface area (Å²) in [6.45, 7) is 6.05. The second-order valence-electron chi connectivity index (χ2n) is 3.17. The van der Waals surface area contributed by atoms with Crippen LogP contribution in [0.3, 0.4) is 0 Å². The molecular weight excluding hydrogens is 176 g/mol. The van der Waals surface area contributed by atoms with Crippen LogP contribution < -0.4 is 5.32 Å². The summed E-state index contributed by atoms with van der Waals surface area (Å²) < 4.78 is 0. The molecule has 1 aromatic rings. The van der Waals surface area contributed by atoms with E-state index in [0.717, 1.165) is 11.3 Å². The standard InChI is InChI=1S/C11H15N2O/c1-4-13(3)11(14)12-10-8-6-5-7-9(10)2/h5-8H,1,4H2,2-3H3,(H,12,14). The quantitative estimate of drug-likeness (QED) is 0.764. The molecule has 0 aliphatic carbocycles. The summed E-state index contributed by atoms with van der Waals surface area (Å²) in [6, 6.07) is 7.54. The molecule has 0 aliphatic rings. The lowest BCUT2D eigenvalue weighted by Gasteiger charge is -2.16. The first kappa shape index (κ1) is 10.6. The summed E-state index contributed by atoms with van der Waals surface area (Å²) in [5, 5.41) is 2.81. The van der Waals surface area contributed by atoms with E-state index in [9.17, 15) is 4.79 Å². The maximum absolute atomic E-state index is 11.5. The number of hydrogen-bond donors (Lipinski definition) is 1. The van der Waals surface area contributed by atoms with Crippen LogP contribution in [-0.4, -0.2) is 24.5 Å². The molecule has 0 bridgehead atoms. The van der Waals surface area contributed by atoms with E-state index in [2.05, 4.69) is 12.2 Å². The lowest BCUT2D eigenvalue weighted by Crippen LogP contribution is -2.31. The molecule has 3 nitrogen and oxygen atoms in total. The second kappa shape index (κ2) is 4.65. The highest BCUT2D eigenvalue weighted by atomic mass is 16.2. The van der Waals surface area contributed by atoms with Gasteiger partial charge in [0.1, 0.15) is 0 Å². The number of carbonyl (C=O) groups is 1. The van der Waals surface area contributed by atoms with Gasteiger partial charge in [0.25, 0.3) is 0 Å². The van der Waals surface area contributed by atoms with Crippen LogP contribution in [0.25, 0.3) is 0 Å². The van der Waals surface area contributed by atoms with E-state index in [0.29, 0.717) is 6.54 Å². The first-order valence-corrected chi connectivity index (χ1v) is 4.52. The van der Waals surface area contributed by atoms with E-state index < -0.39 is 0 Å². The summed E-state index contributed by atoms with van der Waals surface area (Å²) in [5.74, 6) is 0. The van der Waals surface area contributed by atoms with Gasteiger partial charge in [-0.25, -0.2) is 4.79 Å². The van der Waals surface area contributed by atoms with Crippen molar-refractivity contribution in [3.63, 3.8) is 0 Å². The number of benzene rings is 1. The van der Waals surface area contributed by atoms with Gasteiger partial charge in [0.05, 0.1) is 0 Å². The van der Waals surface area contributed by atoms with Gasteiger partial charge in [0.15, 0.2) is 0 Å². The van der Waals surface area contributed by atoms with Crippen molar-refractivity contribution in [3.8, 4) is 0 Å². The lowest BCUT2D eigenvalue weighted by molar-refractivity contribution is 0.226. The Balaban J connectivity index is 2.70. The summed E-state index contributed by atoms with van der Waals surface area (Å²) >= 11 is 0. The first-order valence-electron chi connectivity index (χ1n) is 4.52. The van der Waals surface area contributed by atoms with Gasteiger partial charge in [-0.05, 0) is 25.5 Å². The minimum absolute atomic E-state index is 0.130. The molecule has 0 saturated heterocycles. The van der Waals surface area contributed by atoms with Crippen molar-refractivity contribution in [2.45, 2.75) is 6.92 Å². The van der Waals surface area contributed by atoms with Crippen LogP contribution in [0.4, 0.5) is 10.5 Å². The lowest BCUT2D eigenvalue weighted by atomic mass is 10.2. The molecule has 0 unspecified atom stereocenters. The number of aryl methyl sites for hydroxylation is 1. The fourth-order valence-corrected chi connectivity index (χ4v) is 1.03. The zero-order chi connectivity index (χ0) is 10.6. The van der Waals surface area contributed by atoms with Gasteiger partial charge in [-0.15, -0.1) is 0 Å². The summed E-state index contributed by atoms with van der Waals surface area (Å²) in [7, 11) is 1.71. The van der Waals surface area contributed by atoms with E-state index in [1.807, 2.05) is 31.2 Å². The molecule has 3 heteroatoms. The third-order valence-corrected chi connectivity index (χ3v) is 2.07. The van der Waals surface area contributed by atoms with Gasteiger partial charge in [-0.2, -0.15) is 0 Å². The van der Waals surface area contributed by atoms with Gasteiger partial charge in [0.2, 0.25) is 0 Å². The van der Waals surface area contributed by atoms with Crippen molar-refractivity contribution in [2.24, 2.45) is 0 Å². The predicted octanol–water partition coefficient (Wildman–Crippen LogP) is 2.29. The zero-order valence-electron chi connectivity index (χ0n) is 8.58. The third kappa shape index (κ3) is 2.49. The highest BCUT2D eigenvalue weighted by Crippen LogP contribution is 2.13. The molecule has 0 heterocycles. The summed E-state index contributed by atoms with van der Waals surface area (Å²) in [4.78, 5) is 13.0. The van der Waals surface area contributed by atoms with E-state index in [1.54, 1.807) is 7.05 Å². The van der Waals surface area contributed by atoms with Crippen molar-refractivity contribution in [1.82, 2.24) is 4.90 Å². The minimum Gasteiger partial charge on any atom is -0.328 e. The Morgan fingerprint density at radius 1 is 1.50 bits per heavy atom. The topological polar surface area (TPSA) is 32.3 Å². The molecular formula is C11H15N2O. The molecule has 1 aromatic carbocycles. The summed E-state index contributed by atoms with van der Waals surface area (Å²) in [6.07, 6.45) is 0. The molecule has 14 heavy (non-hydrogen) atoms. The van der Waals surface area contributed by atoms with Gasteiger partial charge in [-0.1, -0.05) is 18.2 Å². The highest BCUT2D eigenvalue weighted by Gasteiger charge is 2.06. The Morgan fingerprint density at radius 2 is 2.14 bits per heavy atom. The third-order valence-electron chi connectivity index (χ3n) is 2.07. The van der Waals surface area contributed by atoms with Crippen LogP contribution in [0.1, 0.15) is 5.56 Å². The highest BCUT2D eigenvalue weighted by molar-refractivity contribution is 5.89. The molecule has 2 amide bonds. The Hall–Kier alpha value is -1.51. The number of anilines is 1. The van der Waals surface area contributed by atoms with Crippen molar-refractivity contribution < 1.29 is 4.79 Å². The Bertz CT molecular complexity index is 323. The smallest absolute Gasteiger partial charge is 0.321 e. The van der Waals surface area contributed by atoms with E-state index in [1.165, 1.54) is 4.90 Å². The van der Waals surface area contributed by atoms with Gasteiger partial charge in [-0.3, -0.25) is 0 Å². The number of nitrogens with one attached hydrogen (secondary N) is 1. The van der Waals surface area contributed by atoms with Crippen LogP contribution >= 0.6 is 0 Å². The largest absolute Gasteiger partial charge is 0.328 e. The monoisotopic (exact) mass is 191 g/mol.